The molecule has 1 aromatic heterocycles. The lowest BCUT2D eigenvalue weighted by molar-refractivity contribution is 0.202. The largest absolute Gasteiger partial charge is 0.391 e. The molecule has 0 aromatic carbocycles. The van der Waals surface area contributed by atoms with Crippen LogP contribution in [0.1, 0.15) is 36.6 Å². The molecule has 1 unspecified atom stereocenters. The third-order valence-corrected chi connectivity index (χ3v) is 4.26. The first-order valence-electron chi connectivity index (χ1n) is 6.01. The molecule has 16 heavy (non-hydrogen) atoms. The molecule has 0 amide bonds. The van der Waals surface area contributed by atoms with Gasteiger partial charge in [-0.05, 0) is 33.2 Å². The first kappa shape index (κ1) is 12.0. The van der Waals surface area contributed by atoms with Gasteiger partial charge in [0.1, 0.15) is 0 Å². The minimum absolute atomic E-state index is 0.121. The molecule has 2 rings (SSSR count). The molecule has 1 N–H and O–H groups in total. The predicted molar refractivity (Wildman–Crippen MR) is 66.6 cm³/mol. The Morgan fingerprint density at radius 3 is 3.06 bits per heavy atom. The van der Waals surface area contributed by atoms with Crippen molar-refractivity contribution in [2.45, 2.75) is 51.8 Å². The highest BCUT2D eigenvalue weighted by molar-refractivity contribution is 7.11. The summed E-state index contributed by atoms with van der Waals surface area (Å²) >= 11 is 1.65. The maximum absolute atomic E-state index is 9.01. The van der Waals surface area contributed by atoms with Crippen LogP contribution in [0.25, 0.3) is 0 Å². The third kappa shape index (κ3) is 2.62. The summed E-state index contributed by atoms with van der Waals surface area (Å²) in [4.78, 5) is 7.92. The second-order valence-electron chi connectivity index (χ2n) is 4.71. The van der Waals surface area contributed by atoms with Gasteiger partial charge in [-0.15, -0.1) is 11.3 Å². The van der Waals surface area contributed by atoms with Gasteiger partial charge in [0, 0.05) is 24.7 Å². The van der Waals surface area contributed by atoms with Crippen molar-refractivity contribution in [2.75, 3.05) is 6.54 Å². The molecule has 3 nitrogen and oxygen atoms in total. The number of aliphatic hydroxyl groups is 1. The van der Waals surface area contributed by atoms with Crippen molar-refractivity contribution in [1.82, 2.24) is 9.88 Å². The normalized spacial score (nSPS) is 22.1. The summed E-state index contributed by atoms with van der Waals surface area (Å²) < 4.78 is 0. The van der Waals surface area contributed by atoms with E-state index in [0.717, 1.165) is 11.3 Å². The van der Waals surface area contributed by atoms with Crippen molar-refractivity contribution < 1.29 is 5.11 Å². The zero-order valence-corrected chi connectivity index (χ0v) is 10.8. The van der Waals surface area contributed by atoms with Gasteiger partial charge < -0.3 is 5.11 Å². The van der Waals surface area contributed by atoms with E-state index in [2.05, 4.69) is 23.7 Å². The van der Waals surface area contributed by atoms with E-state index in [1.807, 2.05) is 0 Å². The van der Waals surface area contributed by atoms with Gasteiger partial charge in [-0.1, -0.05) is 0 Å². The fraction of sp³-hybridized carbons (Fsp3) is 0.750. The fourth-order valence-corrected chi connectivity index (χ4v) is 3.33. The summed E-state index contributed by atoms with van der Waals surface area (Å²) in [6.07, 6.45) is 5.44. The van der Waals surface area contributed by atoms with Crippen LogP contribution in [0.4, 0.5) is 0 Å². The fourth-order valence-electron chi connectivity index (χ4n) is 2.47. The summed E-state index contributed by atoms with van der Waals surface area (Å²) in [7, 11) is 0. The minimum Gasteiger partial charge on any atom is -0.391 e. The molecule has 90 valence electrons. The molecule has 0 radical (unpaired) electrons. The van der Waals surface area contributed by atoms with Crippen LogP contribution in [0, 0.1) is 0 Å². The summed E-state index contributed by atoms with van der Waals surface area (Å²) in [5.74, 6) is 0. The van der Waals surface area contributed by atoms with Crippen molar-refractivity contribution in [1.29, 1.82) is 0 Å². The van der Waals surface area contributed by atoms with E-state index in [-0.39, 0.29) is 6.61 Å². The summed E-state index contributed by atoms with van der Waals surface area (Å²) in [5, 5.41) is 10.2. The molecular weight excluding hydrogens is 220 g/mol. The molecule has 0 bridgehead atoms. The molecule has 1 aromatic rings. The summed E-state index contributed by atoms with van der Waals surface area (Å²) in [6, 6.07) is 1.28. The topological polar surface area (TPSA) is 36.4 Å². The lowest BCUT2D eigenvalue weighted by Crippen LogP contribution is -2.36. The lowest BCUT2D eigenvalue weighted by atomic mass is 10.1. The van der Waals surface area contributed by atoms with Crippen molar-refractivity contribution in [2.24, 2.45) is 0 Å². The van der Waals surface area contributed by atoms with Crippen molar-refractivity contribution in [3.63, 3.8) is 0 Å². The standard InChI is InChI=1S/C12H20N2OS/c1-9(2)14-5-3-4-10(14)6-12-13-7-11(8-15)16-12/h7,9-10,15H,3-6,8H2,1-2H3. The quantitative estimate of drug-likeness (QED) is 0.875. The van der Waals surface area contributed by atoms with Gasteiger partial charge in [-0.25, -0.2) is 4.98 Å². The van der Waals surface area contributed by atoms with Gasteiger partial charge in [0.2, 0.25) is 0 Å². The van der Waals surface area contributed by atoms with Crippen LogP contribution >= 0.6 is 11.3 Å². The second-order valence-corrected chi connectivity index (χ2v) is 5.91. The zero-order chi connectivity index (χ0) is 11.5. The van der Waals surface area contributed by atoms with Gasteiger partial charge in [-0.2, -0.15) is 0 Å². The number of aliphatic hydroxyl groups excluding tert-OH is 1. The Balaban J connectivity index is 1.98. The SMILES string of the molecule is CC(C)N1CCCC1Cc1ncc(CO)s1. The molecule has 0 aliphatic carbocycles. The highest BCUT2D eigenvalue weighted by atomic mass is 32.1. The van der Waals surface area contributed by atoms with Crippen LogP contribution in [0.3, 0.4) is 0 Å². The van der Waals surface area contributed by atoms with Crippen LogP contribution in [0.5, 0.6) is 0 Å². The van der Waals surface area contributed by atoms with Gasteiger partial charge in [0.15, 0.2) is 0 Å². The molecule has 1 saturated heterocycles. The first-order chi connectivity index (χ1) is 7.70. The van der Waals surface area contributed by atoms with Crippen molar-refractivity contribution in [3.8, 4) is 0 Å². The first-order valence-corrected chi connectivity index (χ1v) is 6.82. The summed E-state index contributed by atoms with van der Waals surface area (Å²) in [5.41, 5.74) is 0. The average molecular weight is 240 g/mol. The van der Waals surface area contributed by atoms with Crippen LogP contribution < -0.4 is 0 Å². The molecular formula is C12H20N2OS. The molecule has 1 aliphatic rings. The van der Waals surface area contributed by atoms with E-state index < -0.39 is 0 Å². The third-order valence-electron chi connectivity index (χ3n) is 3.25. The van der Waals surface area contributed by atoms with Crippen molar-refractivity contribution in [3.05, 3.63) is 16.1 Å². The number of hydrogen-bond acceptors (Lipinski definition) is 4. The van der Waals surface area contributed by atoms with Gasteiger partial charge in [-0.3, -0.25) is 4.90 Å². The number of likely N-dealkylation sites (tertiary alicyclic amines) is 1. The molecule has 0 spiro atoms. The van der Waals surface area contributed by atoms with E-state index in [1.165, 1.54) is 24.4 Å². The van der Waals surface area contributed by atoms with Crippen LogP contribution in [-0.4, -0.2) is 33.6 Å². The highest BCUT2D eigenvalue weighted by Gasteiger charge is 2.27. The Labute approximate surface area is 101 Å². The highest BCUT2D eigenvalue weighted by Crippen LogP contribution is 2.25. The predicted octanol–water partition coefficient (Wildman–Crippen LogP) is 2.05. The Kier molecular flexibility index (Phi) is 3.95. The number of thiazole rings is 1. The van der Waals surface area contributed by atoms with E-state index in [9.17, 15) is 0 Å². The second kappa shape index (κ2) is 5.25. The van der Waals surface area contributed by atoms with E-state index in [4.69, 9.17) is 5.11 Å². The number of nitrogens with zero attached hydrogens (tertiary/aromatic N) is 2. The van der Waals surface area contributed by atoms with Crippen molar-refractivity contribution >= 4 is 11.3 Å². The lowest BCUT2D eigenvalue weighted by Gasteiger charge is -2.27. The maximum atomic E-state index is 9.01. The number of hydrogen-bond donors (Lipinski definition) is 1. The molecule has 1 aliphatic heterocycles. The Hall–Kier alpha value is -0.450. The Bertz CT molecular complexity index is 338. The Morgan fingerprint density at radius 2 is 2.44 bits per heavy atom. The molecule has 0 saturated carbocycles. The van der Waals surface area contributed by atoms with Crippen LogP contribution in [0.15, 0.2) is 6.20 Å². The van der Waals surface area contributed by atoms with E-state index >= 15 is 0 Å². The number of rotatable bonds is 4. The van der Waals surface area contributed by atoms with E-state index in [1.54, 1.807) is 17.5 Å². The van der Waals surface area contributed by atoms with Crippen LogP contribution in [0.2, 0.25) is 0 Å². The monoisotopic (exact) mass is 240 g/mol. The van der Waals surface area contributed by atoms with Gasteiger partial charge >= 0.3 is 0 Å². The minimum atomic E-state index is 0.121. The van der Waals surface area contributed by atoms with E-state index in [0.29, 0.717) is 12.1 Å². The number of aromatic nitrogens is 1. The summed E-state index contributed by atoms with van der Waals surface area (Å²) in [6.45, 7) is 5.87. The van der Waals surface area contributed by atoms with Crippen LogP contribution in [-0.2, 0) is 13.0 Å². The maximum Gasteiger partial charge on any atom is 0.0944 e. The average Bonchev–Trinajstić information content (AvgIpc) is 2.87. The zero-order valence-electron chi connectivity index (χ0n) is 10.0. The smallest absolute Gasteiger partial charge is 0.0944 e. The molecule has 2 heterocycles. The van der Waals surface area contributed by atoms with Gasteiger partial charge in [0.25, 0.3) is 0 Å². The molecule has 4 heteroatoms. The molecule has 1 fully saturated rings. The molecule has 1 atom stereocenters. The van der Waals surface area contributed by atoms with Gasteiger partial charge in [0.05, 0.1) is 16.5 Å². The Morgan fingerprint density at radius 1 is 1.62 bits per heavy atom.